The predicted octanol–water partition coefficient (Wildman–Crippen LogP) is 1.73. The van der Waals surface area contributed by atoms with Crippen molar-refractivity contribution in [3.63, 3.8) is 0 Å². The lowest BCUT2D eigenvalue weighted by Crippen LogP contribution is -2.32. The lowest BCUT2D eigenvalue weighted by atomic mass is 10.1. The maximum atomic E-state index is 5.73. The van der Waals surface area contributed by atoms with Gasteiger partial charge in [0.1, 0.15) is 4.99 Å². The number of anilines is 1. The molecule has 2 aromatic rings. The molecule has 3 heterocycles. The zero-order valence-electron chi connectivity index (χ0n) is 9.67. The van der Waals surface area contributed by atoms with E-state index in [9.17, 15) is 0 Å². The predicted molar refractivity (Wildman–Crippen MR) is 77.0 cm³/mol. The van der Waals surface area contributed by atoms with E-state index in [4.69, 9.17) is 18.0 Å². The molecule has 0 fully saturated rings. The molecule has 3 rings (SSSR count). The molecule has 18 heavy (non-hydrogen) atoms. The van der Waals surface area contributed by atoms with Crippen LogP contribution in [0.3, 0.4) is 0 Å². The molecular weight excluding hydrogens is 264 g/mol. The smallest absolute Gasteiger partial charge is 0.161 e. The zero-order chi connectivity index (χ0) is 12.5. The molecule has 92 valence electrons. The molecular formula is C12H12N4S2. The Morgan fingerprint density at radius 3 is 3.17 bits per heavy atom. The molecule has 0 amide bonds. The first kappa shape index (κ1) is 11.6. The van der Waals surface area contributed by atoms with Gasteiger partial charge in [-0.25, -0.2) is 0 Å². The highest BCUT2D eigenvalue weighted by molar-refractivity contribution is 7.80. The molecule has 0 spiro atoms. The Morgan fingerprint density at radius 2 is 2.33 bits per heavy atom. The first-order valence-electron chi connectivity index (χ1n) is 5.67. The van der Waals surface area contributed by atoms with Crippen molar-refractivity contribution in [1.82, 2.24) is 10.2 Å². The number of rotatable bonds is 2. The third-order valence-electron chi connectivity index (χ3n) is 3.07. The van der Waals surface area contributed by atoms with Gasteiger partial charge in [-0.1, -0.05) is 12.2 Å². The minimum Gasteiger partial charge on any atom is -0.389 e. The number of nitrogens with two attached hydrogens (primary N) is 1. The summed E-state index contributed by atoms with van der Waals surface area (Å²) in [6, 6.07) is 4.00. The molecule has 6 heteroatoms. The van der Waals surface area contributed by atoms with Gasteiger partial charge in [0.05, 0.1) is 11.8 Å². The number of thiophene rings is 1. The molecule has 0 unspecified atom stereocenters. The summed E-state index contributed by atoms with van der Waals surface area (Å²) >= 11 is 6.89. The SMILES string of the molecule is NC(=S)c1ccnnc1N1CCc2sccc2C1. The Hall–Kier alpha value is -1.53. The van der Waals surface area contributed by atoms with Gasteiger partial charge in [-0.3, -0.25) is 0 Å². The van der Waals surface area contributed by atoms with Crippen molar-refractivity contribution in [2.75, 3.05) is 11.4 Å². The Balaban J connectivity index is 1.95. The molecule has 2 N–H and O–H groups in total. The van der Waals surface area contributed by atoms with Crippen LogP contribution in [0.25, 0.3) is 0 Å². The first-order valence-corrected chi connectivity index (χ1v) is 6.96. The third kappa shape index (κ3) is 1.97. The molecule has 0 atom stereocenters. The van der Waals surface area contributed by atoms with Gasteiger partial charge < -0.3 is 10.6 Å². The average Bonchev–Trinajstić information content (AvgIpc) is 2.85. The molecule has 1 aliphatic heterocycles. The van der Waals surface area contributed by atoms with Crippen LogP contribution in [0.5, 0.6) is 0 Å². The van der Waals surface area contributed by atoms with Crippen LogP contribution in [0.2, 0.25) is 0 Å². The van der Waals surface area contributed by atoms with Crippen molar-refractivity contribution in [2.45, 2.75) is 13.0 Å². The molecule has 4 nitrogen and oxygen atoms in total. The van der Waals surface area contributed by atoms with Gasteiger partial charge in [0.2, 0.25) is 0 Å². The van der Waals surface area contributed by atoms with Crippen molar-refractivity contribution in [2.24, 2.45) is 5.73 Å². The molecule has 0 radical (unpaired) electrons. The van der Waals surface area contributed by atoms with E-state index in [1.807, 2.05) is 17.4 Å². The second-order valence-electron chi connectivity index (χ2n) is 4.17. The Morgan fingerprint density at radius 1 is 1.44 bits per heavy atom. The molecule has 0 bridgehead atoms. The third-order valence-corrected chi connectivity index (χ3v) is 4.32. The molecule has 0 saturated carbocycles. The van der Waals surface area contributed by atoms with Gasteiger partial charge in [-0.2, -0.15) is 5.10 Å². The van der Waals surface area contributed by atoms with E-state index >= 15 is 0 Å². The van der Waals surface area contributed by atoms with E-state index < -0.39 is 0 Å². The fourth-order valence-corrected chi connectivity index (χ4v) is 3.23. The lowest BCUT2D eigenvalue weighted by Gasteiger charge is -2.28. The molecule has 2 aromatic heterocycles. The summed E-state index contributed by atoms with van der Waals surface area (Å²) in [7, 11) is 0. The number of aromatic nitrogens is 2. The van der Waals surface area contributed by atoms with Gasteiger partial charge in [0.15, 0.2) is 5.82 Å². The standard InChI is InChI=1S/C12H12N4S2/c13-11(17)9-1-4-14-15-12(9)16-5-2-10-8(7-16)3-6-18-10/h1,3-4,6H,2,5,7H2,(H2,13,17). The molecule has 1 aliphatic rings. The van der Waals surface area contributed by atoms with Crippen molar-refractivity contribution in [3.8, 4) is 0 Å². The van der Waals surface area contributed by atoms with Crippen LogP contribution in [-0.4, -0.2) is 21.7 Å². The summed E-state index contributed by atoms with van der Waals surface area (Å²) in [6.45, 7) is 1.79. The van der Waals surface area contributed by atoms with E-state index in [-0.39, 0.29) is 0 Å². The molecule has 0 saturated heterocycles. The Labute approximate surface area is 114 Å². The second-order valence-corrected chi connectivity index (χ2v) is 5.61. The van der Waals surface area contributed by atoms with E-state index in [0.29, 0.717) is 4.99 Å². The second kappa shape index (κ2) is 4.62. The maximum Gasteiger partial charge on any atom is 0.161 e. The Kier molecular flexibility index (Phi) is 2.97. The molecule has 0 aliphatic carbocycles. The van der Waals surface area contributed by atoms with Crippen LogP contribution in [-0.2, 0) is 13.0 Å². The zero-order valence-corrected chi connectivity index (χ0v) is 11.3. The topological polar surface area (TPSA) is 55.0 Å². The van der Waals surface area contributed by atoms with Crippen molar-refractivity contribution in [3.05, 3.63) is 39.7 Å². The lowest BCUT2D eigenvalue weighted by molar-refractivity contribution is 0.722. The highest BCUT2D eigenvalue weighted by atomic mass is 32.1. The number of nitrogens with zero attached hydrogens (tertiary/aromatic N) is 3. The van der Waals surface area contributed by atoms with Crippen molar-refractivity contribution in [1.29, 1.82) is 0 Å². The van der Waals surface area contributed by atoms with Crippen molar-refractivity contribution < 1.29 is 0 Å². The summed E-state index contributed by atoms with van der Waals surface area (Å²) in [5.41, 5.74) is 7.91. The fourth-order valence-electron chi connectivity index (χ4n) is 2.18. The van der Waals surface area contributed by atoms with E-state index in [1.165, 1.54) is 10.4 Å². The summed E-state index contributed by atoms with van der Waals surface area (Å²) < 4.78 is 0. The number of hydrogen-bond acceptors (Lipinski definition) is 5. The number of thiocarbonyl (C=S) groups is 1. The normalized spacial score (nSPS) is 14.3. The minimum atomic E-state index is 0.371. The highest BCUT2D eigenvalue weighted by Crippen LogP contribution is 2.28. The van der Waals surface area contributed by atoms with Gasteiger partial charge in [-0.15, -0.1) is 16.4 Å². The quantitative estimate of drug-likeness (QED) is 0.847. The van der Waals surface area contributed by atoms with Gasteiger partial charge in [-0.05, 0) is 29.5 Å². The summed E-state index contributed by atoms with van der Waals surface area (Å²) in [4.78, 5) is 4.03. The largest absolute Gasteiger partial charge is 0.389 e. The monoisotopic (exact) mass is 276 g/mol. The highest BCUT2D eigenvalue weighted by Gasteiger charge is 2.21. The van der Waals surface area contributed by atoms with E-state index in [2.05, 4.69) is 26.5 Å². The van der Waals surface area contributed by atoms with E-state index in [1.54, 1.807) is 6.20 Å². The fraction of sp³-hybridized carbons (Fsp3) is 0.250. The first-order chi connectivity index (χ1) is 8.75. The summed E-state index contributed by atoms with van der Waals surface area (Å²) in [5, 5.41) is 10.3. The van der Waals surface area contributed by atoms with Crippen LogP contribution in [0, 0.1) is 0 Å². The van der Waals surface area contributed by atoms with Gasteiger partial charge in [0.25, 0.3) is 0 Å². The van der Waals surface area contributed by atoms with Gasteiger partial charge >= 0.3 is 0 Å². The van der Waals surface area contributed by atoms with Crippen LogP contribution in [0.4, 0.5) is 5.82 Å². The van der Waals surface area contributed by atoms with Crippen LogP contribution < -0.4 is 10.6 Å². The maximum absolute atomic E-state index is 5.73. The number of fused-ring (bicyclic) bond motifs is 1. The van der Waals surface area contributed by atoms with Gasteiger partial charge in [0, 0.05) is 18.0 Å². The Bertz CT molecular complexity index is 593. The average molecular weight is 276 g/mol. The molecule has 0 aromatic carbocycles. The van der Waals surface area contributed by atoms with Crippen LogP contribution in [0.1, 0.15) is 16.0 Å². The van der Waals surface area contributed by atoms with Crippen LogP contribution >= 0.6 is 23.6 Å². The van der Waals surface area contributed by atoms with E-state index in [0.717, 1.165) is 30.9 Å². The summed E-state index contributed by atoms with van der Waals surface area (Å²) in [5.74, 6) is 0.793. The van der Waals surface area contributed by atoms with Crippen LogP contribution in [0.15, 0.2) is 23.7 Å². The van der Waals surface area contributed by atoms with Crippen molar-refractivity contribution >= 4 is 34.4 Å². The minimum absolute atomic E-state index is 0.371. The summed E-state index contributed by atoms with van der Waals surface area (Å²) in [6.07, 6.45) is 2.66. The number of hydrogen-bond donors (Lipinski definition) is 1.